The van der Waals surface area contributed by atoms with Crippen molar-refractivity contribution in [1.29, 1.82) is 0 Å². The van der Waals surface area contributed by atoms with Crippen LogP contribution in [0.25, 0.3) is 0 Å². The highest BCUT2D eigenvalue weighted by Crippen LogP contribution is 2.29. The van der Waals surface area contributed by atoms with Crippen LogP contribution in [0.4, 0.5) is 0 Å². The van der Waals surface area contributed by atoms with E-state index >= 15 is 0 Å². The number of likely N-dealkylation sites (N-methyl/N-ethyl adjacent to an activating group) is 1. The molecule has 0 saturated heterocycles. The first-order valence-corrected chi connectivity index (χ1v) is 9.62. The lowest BCUT2D eigenvalue weighted by Crippen LogP contribution is -2.24. The number of ether oxygens (including phenoxy) is 2. The molecule has 24 heavy (non-hydrogen) atoms. The number of rotatable bonds is 9. The molecule has 132 valence electrons. The molecule has 2 aromatic heterocycles. The molecule has 0 spiro atoms. The van der Waals surface area contributed by atoms with E-state index in [2.05, 4.69) is 9.71 Å². The summed E-state index contributed by atoms with van der Waals surface area (Å²) in [5, 5.41) is 1.68. The Morgan fingerprint density at radius 3 is 2.79 bits per heavy atom. The van der Waals surface area contributed by atoms with Gasteiger partial charge in [-0.25, -0.2) is 13.1 Å². The molecule has 2 aromatic rings. The van der Waals surface area contributed by atoms with Crippen molar-refractivity contribution in [3.63, 3.8) is 0 Å². The van der Waals surface area contributed by atoms with Crippen LogP contribution >= 0.6 is 11.3 Å². The largest absolute Gasteiger partial charge is 0.494 e. The minimum Gasteiger partial charge on any atom is -0.494 e. The van der Waals surface area contributed by atoms with Crippen LogP contribution in [0.15, 0.2) is 34.1 Å². The summed E-state index contributed by atoms with van der Waals surface area (Å²) < 4.78 is 38.3. The number of nitrogens with one attached hydrogen (secondary N) is 1. The third-order valence-electron chi connectivity index (χ3n) is 3.18. The van der Waals surface area contributed by atoms with Gasteiger partial charge in [0.1, 0.15) is 18.1 Å². The maximum atomic E-state index is 12.4. The van der Waals surface area contributed by atoms with E-state index in [0.717, 1.165) is 23.4 Å². The lowest BCUT2D eigenvalue weighted by molar-refractivity contribution is 0.258. The standard InChI is InChI=1S/C15H21N3O4S2/c1-18(2)7-8-22-14-11-16-6-4-12(14)10-17-24(19,20)15-13(21-3)5-9-23-15/h4-6,9,11,17H,7-8,10H2,1-3H3. The average Bonchev–Trinajstić information content (AvgIpc) is 3.03. The lowest BCUT2D eigenvalue weighted by atomic mass is 10.2. The van der Waals surface area contributed by atoms with Crippen LogP contribution < -0.4 is 14.2 Å². The Balaban J connectivity index is 2.06. The lowest BCUT2D eigenvalue weighted by Gasteiger charge is -2.14. The van der Waals surface area contributed by atoms with E-state index in [1.54, 1.807) is 29.9 Å². The Kier molecular flexibility index (Phi) is 6.55. The van der Waals surface area contributed by atoms with E-state index < -0.39 is 10.0 Å². The number of hydrogen-bond donors (Lipinski definition) is 1. The summed E-state index contributed by atoms with van der Waals surface area (Å²) in [4.78, 5) is 6.03. The van der Waals surface area contributed by atoms with Crippen LogP contribution in [0, 0.1) is 0 Å². The van der Waals surface area contributed by atoms with Gasteiger partial charge in [0.25, 0.3) is 10.0 Å². The number of sulfonamides is 1. The number of aromatic nitrogens is 1. The van der Waals surface area contributed by atoms with Gasteiger partial charge in [0.15, 0.2) is 4.21 Å². The molecule has 0 radical (unpaired) electrons. The smallest absolute Gasteiger partial charge is 0.254 e. The normalized spacial score (nSPS) is 11.7. The number of nitrogens with zero attached hydrogens (tertiary/aromatic N) is 2. The van der Waals surface area contributed by atoms with Gasteiger partial charge in [0.05, 0.1) is 13.3 Å². The van der Waals surface area contributed by atoms with Gasteiger partial charge >= 0.3 is 0 Å². The molecular weight excluding hydrogens is 350 g/mol. The Labute approximate surface area is 146 Å². The molecule has 0 aliphatic carbocycles. The highest BCUT2D eigenvalue weighted by Gasteiger charge is 2.21. The van der Waals surface area contributed by atoms with E-state index in [-0.39, 0.29) is 10.8 Å². The van der Waals surface area contributed by atoms with E-state index in [0.29, 0.717) is 18.1 Å². The van der Waals surface area contributed by atoms with Crippen molar-refractivity contribution in [2.45, 2.75) is 10.8 Å². The number of hydrogen-bond acceptors (Lipinski definition) is 7. The second-order valence-corrected chi connectivity index (χ2v) is 8.11. The van der Waals surface area contributed by atoms with Crippen molar-refractivity contribution in [2.24, 2.45) is 0 Å². The first-order chi connectivity index (χ1) is 11.4. The minimum absolute atomic E-state index is 0.114. The molecule has 2 rings (SSSR count). The van der Waals surface area contributed by atoms with E-state index in [1.807, 2.05) is 19.0 Å². The Hall–Kier alpha value is -1.68. The fourth-order valence-electron chi connectivity index (χ4n) is 1.89. The van der Waals surface area contributed by atoms with Crippen LogP contribution in [0.2, 0.25) is 0 Å². The van der Waals surface area contributed by atoms with Crippen molar-refractivity contribution in [3.8, 4) is 11.5 Å². The van der Waals surface area contributed by atoms with Gasteiger partial charge in [-0.15, -0.1) is 11.3 Å². The van der Waals surface area contributed by atoms with E-state index in [1.165, 1.54) is 7.11 Å². The SMILES string of the molecule is COc1ccsc1S(=O)(=O)NCc1ccncc1OCCN(C)C. The van der Waals surface area contributed by atoms with Crippen molar-refractivity contribution >= 4 is 21.4 Å². The molecule has 2 heterocycles. The summed E-state index contributed by atoms with van der Waals surface area (Å²) >= 11 is 1.11. The van der Waals surface area contributed by atoms with Gasteiger partial charge in [-0.3, -0.25) is 4.98 Å². The molecule has 0 bridgehead atoms. The van der Waals surface area contributed by atoms with Gasteiger partial charge in [0.2, 0.25) is 0 Å². The third kappa shape index (κ3) is 4.91. The van der Waals surface area contributed by atoms with Crippen LogP contribution in [-0.4, -0.2) is 52.7 Å². The summed E-state index contributed by atoms with van der Waals surface area (Å²) in [6, 6.07) is 3.36. The topological polar surface area (TPSA) is 80.8 Å². The summed E-state index contributed by atoms with van der Waals surface area (Å²) in [6.07, 6.45) is 3.19. The van der Waals surface area contributed by atoms with Crippen LogP contribution in [0.5, 0.6) is 11.5 Å². The zero-order valence-corrected chi connectivity index (χ0v) is 15.5. The summed E-state index contributed by atoms with van der Waals surface area (Å²) in [5.74, 6) is 0.907. The van der Waals surface area contributed by atoms with Crippen molar-refractivity contribution in [3.05, 3.63) is 35.5 Å². The highest BCUT2D eigenvalue weighted by molar-refractivity contribution is 7.91. The molecule has 0 amide bonds. The average molecular weight is 371 g/mol. The van der Waals surface area contributed by atoms with Gasteiger partial charge in [-0.2, -0.15) is 0 Å². The molecule has 1 N–H and O–H groups in total. The van der Waals surface area contributed by atoms with E-state index in [4.69, 9.17) is 9.47 Å². The molecule has 0 fully saturated rings. The molecule has 9 heteroatoms. The fourth-order valence-corrected chi connectivity index (χ4v) is 4.22. The number of pyridine rings is 1. The minimum atomic E-state index is -3.65. The Morgan fingerprint density at radius 2 is 2.08 bits per heavy atom. The second-order valence-electron chi connectivity index (χ2n) is 5.24. The molecule has 7 nitrogen and oxygen atoms in total. The second kappa shape index (κ2) is 8.43. The first kappa shape index (κ1) is 18.7. The third-order valence-corrected chi connectivity index (χ3v) is 6.03. The Bertz CT molecular complexity index is 760. The monoisotopic (exact) mass is 371 g/mol. The molecular formula is C15H21N3O4S2. The molecule has 0 aliphatic rings. The molecule has 0 unspecified atom stereocenters. The highest BCUT2D eigenvalue weighted by atomic mass is 32.2. The zero-order valence-electron chi connectivity index (χ0n) is 13.9. The predicted molar refractivity (Wildman–Crippen MR) is 93.2 cm³/mol. The number of methoxy groups -OCH3 is 1. The van der Waals surface area contributed by atoms with Crippen LogP contribution in [0.3, 0.4) is 0 Å². The summed E-state index contributed by atoms with van der Waals surface area (Å²) in [7, 11) is 1.70. The Morgan fingerprint density at radius 1 is 1.29 bits per heavy atom. The van der Waals surface area contributed by atoms with Crippen LogP contribution in [-0.2, 0) is 16.6 Å². The van der Waals surface area contributed by atoms with Gasteiger partial charge in [-0.05, 0) is 31.6 Å². The molecule has 0 aromatic carbocycles. The van der Waals surface area contributed by atoms with Crippen molar-refractivity contribution in [2.75, 3.05) is 34.4 Å². The van der Waals surface area contributed by atoms with Gasteiger partial charge < -0.3 is 14.4 Å². The maximum Gasteiger partial charge on any atom is 0.254 e. The van der Waals surface area contributed by atoms with Gasteiger partial charge in [-0.1, -0.05) is 0 Å². The quantitative estimate of drug-likeness (QED) is 0.721. The maximum absolute atomic E-state index is 12.4. The van der Waals surface area contributed by atoms with Crippen molar-refractivity contribution < 1.29 is 17.9 Å². The summed E-state index contributed by atoms with van der Waals surface area (Å²) in [6.45, 7) is 1.37. The summed E-state index contributed by atoms with van der Waals surface area (Å²) in [5.41, 5.74) is 0.725. The molecule has 0 saturated carbocycles. The molecule has 0 atom stereocenters. The predicted octanol–water partition coefficient (Wildman–Crippen LogP) is 1.57. The van der Waals surface area contributed by atoms with E-state index in [9.17, 15) is 8.42 Å². The van der Waals surface area contributed by atoms with Crippen molar-refractivity contribution in [1.82, 2.24) is 14.6 Å². The van der Waals surface area contributed by atoms with Crippen LogP contribution in [0.1, 0.15) is 5.56 Å². The zero-order chi connectivity index (χ0) is 17.6. The fraction of sp³-hybridized carbons (Fsp3) is 0.400. The molecule has 0 aliphatic heterocycles. The number of thiophene rings is 1. The first-order valence-electron chi connectivity index (χ1n) is 7.25. The van der Waals surface area contributed by atoms with Gasteiger partial charge in [0, 0.05) is 24.8 Å².